The summed E-state index contributed by atoms with van der Waals surface area (Å²) in [7, 11) is -1.27. The van der Waals surface area contributed by atoms with E-state index in [0.29, 0.717) is 48.6 Å². The summed E-state index contributed by atoms with van der Waals surface area (Å²) < 4.78 is 61.5. The molecule has 1 aliphatic carbocycles. The van der Waals surface area contributed by atoms with Gasteiger partial charge in [-0.05, 0) is 33.9 Å². The Morgan fingerprint density at radius 1 is 0.889 bits per heavy atom. The molecule has 4 rings (SSSR count). The van der Waals surface area contributed by atoms with Gasteiger partial charge in [-0.3, -0.25) is 18.0 Å². The Morgan fingerprint density at radius 2 is 1.33 bits per heavy atom. The molecule has 0 aromatic carbocycles. The first-order valence-corrected chi connectivity index (χ1v) is 22.5. The molecule has 0 aromatic heterocycles. The lowest BCUT2D eigenvalue weighted by Crippen LogP contribution is -2.55. The second-order valence-corrected chi connectivity index (χ2v) is 17.4. The number of methoxy groups -OCH3 is 1. The topological polar surface area (TPSA) is 240 Å². The average molecular weight is 893 g/mol. The maximum absolute atomic E-state index is 12.8. The van der Waals surface area contributed by atoms with Gasteiger partial charge in [-0.25, -0.2) is 4.79 Å². The van der Waals surface area contributed by atoms with E-state index in [9.17, 15) is 31.2 Å². The molecule has 0 spiro atoms. The smallest absolute Gasteiger partial charge is 0.404 e. The summed E-state index contributed by atoms with van der Waals surface area (Å²) >= 11 is 21.8. The number of fused-ring (bicyclic) bond motifs is 4. The molecule has 54 heavy (non-hydrogen) atoms. The molecule has 4 atom stereocenters. The van der Waals surface area contributed by atoms with Crippen LogP contribution in [-0.4, -0.2) is 177 Å². The predicted octanol–water partition coefficient (Wildman–Crippen LogP) is 0.859. The molecule has 0 bridgehead atoms. The van der Waals surface area contributed by atoms with Crippen LogP contribution in [0.2, 0.25) is 0 Å². The zero-order valence-corrected chi connectivity index (χ0v) is 36.1. The quantitative estimate of drug-likeness (QED) is 0.0569. The number of hydrogen-bond donors (Lipinski definition) is 3. The van der Waals surface area contributed by atoms with E-state index < -0.39 is 43.8 Å². The molecule has 17 nitrogen and oxygen atoms in total. The maximum atomic E-state index is 12.8. The van der Waals surface area contributed by atoms with Crippen LogP contribution in [0.4, 0.5) is 4.79 Å². The van der Waals surface area contributed by atoms with Crippen LogP contribution in [0.5, 0.6) is 0 Å². The summed E-state index contributed by atoms with van der Waals surface area (Å²) in [5.74, 6) is 1.41. The van der Waals surface area contributed by atoms with Gasteiger partial charge in [0.1, 0.15) is 6.61 Å². The molecule has 4 aliphatic rings. The van der Waals surface area contributed by atoms with Crippen molar-refractivity contribution in [2.24, 2.45) is 17.4 Å². The molecule has 0 saturated carbocycles. The van der Waals surface area contributed by atoms with E-state index in [2.05, 4.69) is 23.5 Å². The van der Waals surface area contributed by atoms with Crippen molar-refractivity contribution in [2.45, 2.75) is 37.6 Å². The number of carbonyl (C=O) groups excluding carboxylic acids is 3. The number of carbonyl (C=O) groups is 3. The highest BCUT2D eigenvalue weighted by molar-refractivity contribution is 7.86. The SMILES string of the molecule is CN(CCCl)CCCl.CN(CCCl)CCCl.CO[C@@]12[C@H](COC(N)=O)C3=C(C(=O)C(C)=C(N)C3=O)N1C[C@@H]1N[C@@H]12.CS(=O)(=O)OCCCCOS(C)(=O)=O. The van der Waals surface area contributed by atoms with Gasteiger partial charge in [-0.15, -0.1) is 46.4 Å². The summed E-state index contributed by atoms with van der Waals surface area (Å²) in [6.45, 7) is 5.71. The Bertz CT molecular complexity index is 1490. The number of nitrogens with two attached hydrogens (primary N) is 2. The number of primary amides is 1. The first kappa shape index (κ1) is 50.5. The van der Waals surface area contributed by atoms with Gasteiger partial charge >= 0.3 is 6.09 Å². The number of ketones is 2. The normalized spacial score (nSPS) is 22.8. The number of rotatable bonds is 18. The summed E-state index contributed by atoms with van der Waals surface area (Å²) in [5.41, 5.74) is 10.7. The molecule has 0 unspecified atom stereocenters. The molecule has 1 amide bonds. The zero-order valence-electron chi connectivity index (χ0n) is 31.4. The van der Waals surface area contributed by atoms with Crippen molar-refractivity contribution in [2.75, 3.05) is 110 Å². The lowest BCUT2D eigenvalue weighted by Gasteiger charge is -2.39. The summed E-state index contributed by atoms with van der Waals surface area (Å²) in [6, 6.07) is 0.109. The van der Waals surface area contributed by atoms with E-state index in [-0.39, 0.29) is 54.5 Å². The van der Waals surface area contributed by atoms with Crippen molar-refractivity contribution in [3.05, 3.63) is 22.5 Å². The third-order valence-electron chi connectivity index (χ3n) is 8.47. The summed E-state index contributed by atoms with van der Waals surface area (Å²) in [6.07, 6.45) is 1.83. The first-order valence-electron chi connectivity index (χ1n) is 16.8. The maximum Gasteiger partial charge on any atom is 0.404 e. The highest BCUT2D eigenvalue weighted by Crippen LogP contribution is 2.55. The van der Waals surface area contributed by atoms with Crippen molar-refractivity contribution in [3.8, 4) is 0 Å². The molecule has 23 heteroatoms. The Balaban J connectivity index is 0.000000413. The van der Waals surface area contributed by atoms with Crippen LogP contribution in [0.3, 0.4) is 0 Å². The number of piperazine rings is 1. The van der Waals surface area contributed by atoms with Crippen molar-refractivity contribution in [1.29, 1.82) is 0 Å². The lowest BCUT2D eigenvalue weighted by molar-refractivity contribution is -0.137. The van der Waals surface area contributed by atoms with E-state index in [1.807, 2.05) is 19.0 Å². The van der Waals surface area contributed by atoms with Gasteiger partial charge in [0.2, 0.25) is 11.6 Å². The van der Waals surface area contributed by atoms with Gasteiger partial charge in [0.25, 0.3) is 20.2 Å². The van der Waals surface area contributed by atoms with Crippen LogP contribution in [0.15, 0.2) is 22.5 Å². The van der Waals surface area contributed by atoms with Crippen molar-refractivity contribution in [1.82, 2.24) is 20.0 Å². The number of unbranched alkanes of at least 4 members (excludes halogenated alkanes) is 1. The van der Waals surface area contributed by atoms with Crippen molar-refractivity contribution in [3.63, 3.8) is 0 Å². The van der Waals surface area contributed by atoms with E-state index in [1.54, 1.807) is 0 Å². The van der Waals surface area contributed by atoms with Crippen LogP contribution in [0.25, 0.3) is 0 Å². The molecule has 3 heterocycles. The molecule has 314 valence electrons. The van der Waals surface area contributed by atoms with Crippen LogP contribution in [0, 0.1) is 5.92 Å². The largest absolute Gasteiger partial charge is 0.449 e. The molecule has 0 aromatic rings. The van der Waals surface area contributed by atoms with E-state index in [1.165, 1.54) is 14.0 Å². The van der Waals surface area contributed by atoms with Gasteiger partial charge in [0.05, 0.1) is 49.1 Å². The van der Waals surface area contributed by atoms with Crippen LogP contribution in [0.1, 0.15) is 19.8 Å². The van der Waals surface area contributed by atoms with Crippen molar-refractivity contribution >= 4 is 84.3 Å². The standard InChI is InChI=1S/C15H18N4O5.C6H14O6S2.2C5H11Cl2N/c1-5-9(16)12(21)8-6(4-24-14(17)22)15(23-2)13-7(18-13)3-19(15)10(8)11(5)20;1-13(7,8)11-5-3-4-6-12-14(2,9)10;2*1-8(4-2-6)5-3-7/h6-7,13,18H,3-4,16H2,1-2H3,(H2,17,22);3-6H2,1-2H3;2*2-5H2,1H3/t6-,7+,13+,15-;;;/m1.../s1. The fourth-order valence-corrected chi connectivity index (χ4v) is 7.73. The number of amides is 1. The van der Waals surface area contributed by atoms with Gasteiger partial charge in [0, 0.05) is 80.5 Å². The fraction of sp³-hybridized carbons (Fsp3) is 0.774. The van der Waals surface area contributed by atoms with E-state index in [0.717, 1.165) is 38.7 Å². The number of halogens is 4. The number of ether oxygens (including phenoxy) is 2. The first-order chi connectivity index (χ1) is 25.2. The van der Waals surface area contributed by atoms with E-state index in [4.69, 9.17) is 67.3 Å². The Kier molecular flexibility index (Phi) is 22.1. The van der Waals surface area contributed by atoms with Gasteiger partial charge < -0.3 is 41.0 Å². The molecule has 0 radical (unpaired) electrons. The van der Waals surface area contributed by atoms with Gasteiger partial charge in [-0.2, -0.15) is 16.8 Å². The minimum Gasteiger partial charge on any atom is -0.449 e. The second-order valence-electron chi connectivity index (χ2n) is 12.6. The monoisotopic (exact) mass is 890 g/mol. The highest BCUT2D eigenvalue weighted by atomic mass is 35.5. The summed E-state index contributed by atoms with van der Waals surface area (Å²) in [4.78, 5) is 42.6. The number of nitrogens with zero attached hydrogens (tertiary/aromatic N) is 3. The van der Waals surface area contributed by atoms with Gasteiger partial charge in [-0.1, -0.05) is 0 Å². The third kappa shape index (κ3) is 15.5. The second kappa shape index (κ2) is 23.7. The fourth-order valence-electron chi connectivity index (χ4n) is 5.74. The summed E-state index contributed by atoms with van der Waals surface area (Å²) in [5, 5.41) is 3.28. The molecular formula is C31H54Cl4N6O11S2. The molecule has 5 N–H and O–H groups in total. The third-order valence-corrected chi connectivity index (χ3v) is 10.3. The van der Waals surface area contributed by atoms with Crippen LogP contribution < -0.4 is 16.8 Å². The molecule has 2 saturated heterocycles. The minimum absolute atomic E-state index is 0.0476. The average Bonchev–Trinajstić information content (AvgIpc) is 3.69. The number of nitrogens with one attached hydrogen (secondary N) is 1. The molecule has 3 aliphatic heterocycles. The van der Waals surface area contributed by atoms with Gasteiger partial charge in [0.15, 0.2) is 5.72 Å². The number of allylic oxidation sites excluding steroid dienone is 2. The van der Waals surface area contributed by atoms with E-state index >= 15 is 0 Å². The van der Waals surface area contributed by atoms with Crippen LogP contribution in [-0.2, 0) is 47.7 Å². The minimum atomic E-state index is -3.40. The molecule has 2 fully saturated rings. The highest BCUT2D eigenvalue weighted by Gasteiger charge is 2.72. The Labute approximate surface area is 339 Å². The predicted molar refractivity (Wildman–Crippen MR) is 209 cm³/mol. The lowest BCUT2D eigenvalue weighted by atomic mass is 9.82. The van der Waals surface area contributed by atoms with Crippen LogP contribution >= 0.6 is 46.4 Å². The van der Waals surface area contributed by atoms with Crippen molar-refractivity contribution < 1.29 is 49.1 Å². The molecular weight excluding hydrogens is 838 g/mol. The Hall–Kier alpha value is -1.49. The number of hydrogen-bond acceptors (Lipinski definition) is 16. The zero-order chi connectivity index (χ0) is 41.4. The number of Topliss-reactive ketones (excluding diaryl/α,β-unsaturated/α-hetero) is 2. The number of alkyl halides is 4. The Morgan fingerprint density at radius 3 is 1.70 bits per heavy atom.